The zero-order valence-corrected chi connectivity index (χ0v) is 14.0. The Morgan fingerprint density at radius 1 is 1.21 bits per heavy atom. The highest BCUT2D eigenvalue weighted by Gasteiger charge is 1.97. The van der Waals surface area contributed by atoms with E-state index in [1.165, 1.54) is 5.56 Å². The van der Waals surface area contributed by atoms with Gasteiger partial charge < -0.3 is 15.4 Å². The lowest BCUT2D eigenvalue weighted by molar-refractivity contribution is 0.145. The van der Waals surface area contributed by atoms with E-state index in [9.17, 15) is 0 Å². The van der Waals surface area contributed by atoms with E-state index in [2.05, 4.69) is 27.8 Å². The highest BCUT2D eigenvalue weighted by Crippen LogP contribution is 1.96. The Morgan fingerprint density at radius 3 is 2.58 bits per heavy atom. The normalized spacial score (nSPS) is 10.7. The number of hydrogen-bond acceptors (Lipinski definition) is 2. The highest BCUT2D eigenvalue weighted by atomic mass is 127. The summed E-state index contributed by atoms with van der Waals surface area (Å²) < 4.78 is 5.28. The van der Waals surface area contributed by atoms with Crippen LogP contribution in [0.4, 0.5) is 0 Å². The van der Waals surface area contributed by atoms with E-state index in [0.717, 1.165) is 38.7 Å². The summed E-state index contributed by atoms with van der Waals surface area (Å²) in [5, 5.41) is 6.53. The number of halogens is 1. The minimum Gasteiger partial charge on any atom is -0.382 e. The molecule has 0 atom stereocenters. The van der Waals surface area contributed by atoms with Crippen LogP contribution in [0, 0.1) is 0 Å². The van der Waals surface area contributed by atoms with Crippen molar-refractivity contribution in [3.05, 3.63) is 35.9 Å². The number of aliphatic imine (C=N–C) groups is 1. The summed E-state index contributed by atoms with van der Waals surface area (Å²) in [6, 6.07) is 10.3. The van der Waals surface area contributed by atoms with E-state index in [1.807, 2.05) is 25.1 Å². The first-order chi connectivity index (χ1) is 8.86. The van der Waals surface area contributed by atoms with Gasteiger partial charge in [0.25, 0.3) is 0 Å². The van der Waals surface area contributed by atoms with Crippen LogP contribution in [0.25, 0.3) is 0 Å². The number of guanidine groups is 1. The van der Waals surface area contributed by atoms with Crippen LogP contribution in [0.2, 0.25) is 0 Å². The molecule has 108 valence electrons. The van der Waals surface area contributed by atoms with E-state index >= 15 is 0 Å². The predicted octanol–water partition coefficient (Wildman–Crippen LogP) is 2.40. The highest BCUT2D eigenvalue weighted by molar-refractivity contribution is 14.0. The number of nitrogens with one attached hydrogen (secondary N) is 2. The summed E-state index contributed by atoms with van der Waals surface area (Å²) in [5.41, 5.74) is 1.25. The largest absolute Gasteiger partial charge is 0.382 e. The molecule has 0 bridgehead atoms. The quantitative estimate of drug-likeness (QED) is 0.332. The molecule has 0 aliphatic rings. The van der Waals surface area contributed by atoms with Gasteiger partial charge in [-0.3, -0.25) is 4.99 Å². The maximum Gasteiger partial charge on any atom is 0.191 e. The molecule has 5 heteroatoms. The smallest absolute Gasteiger partial charge is 0.191 e. The Hall–Kier alpha value is -0.820. The van der Waals surface area contributed by atoms with Crippen molar-refractivity contribution in [1.29, 1.82) is 0 Å². The van der Waals surface area contributed by atoms with Crippen molar-refractivity contribution in [1.82, 2.24) is 10.6 Å². The van der Waals surface area contributed by atoms with Crippen molar-refractivity contribution in [2.75, 3.05) is 26.8 Å². The van der Waals surface area contributed by atoms with E-state index < -0.39 is 0 Å². The number of benzene rings is 1. The molecule has 0 heterocycles. The van der Waals surface area contributed by atoms with Crippen molar-refractivity contribution in [2.45, 2.75) is 19.9 Å². The molecule has 0 amide bonds. The molecular formula is C14H24IN3O. The Labute approximate surface area is 133 Å². The predicted molar refractivity (Wildman–Crippen MR) is 91.2 cm³/mol. The van der Waals surface area contributed by atoms with Crippen LogP contribution in [0.5, 0.6) is 0 Å². The summed E-state index contributed by atoms with van der Waals surface area (Å²) in [5.74, 6) is 0.829. The lowest BCUT2D eigenvalue weighted by atomic mass is 10.2. The van der Waals surface area contributed by atoms with Gasteiger partial charge in [-0.15, -0.1) is 24.0 Å². The van der Waals surface area contributed by atoms with Crippen LogP contribution in [-0.4, -0.2) is 32.8 Å². The molecule has 0 aliphatic carbocycles. The summed E-state index contributed by atoms with van der Waals surface area (Å²) in [7, 11) is 1.78. The van der Waals surface area contributed by atoms with Gasteiger partial charge in [-0.05, 0) is 18.9 Å². The number of nitrogens with zero attached hydrogens (tertiary/aromatic N) is 1. The fourth-order valence-electron chi connectivity index (χ4n) is 1.53. The lowest BCUT2D eigenvalue weighted by Crippen LogP contribution is -2.37. The molecule has 0 aromatic heterocycles. The van der Waals surface area contributed by atoms with Gasteiger partial charge in [-0.2, -0.15) is 0 Å². The van der Waals surface area contributed by atoms with Crippen molar-refractivity contribution >= 4 is 29.9 Å². The first-order valence-electron chi connectivity index (χ1n) is 6.43. The molecule has 4 nitrogen and oxygen atoms in total. The van der Waals surface area contributed by atoms with E-state index in [0.29, 0.717) is 0 Å². The number of hydrogen-bond donors (Lipinski definition) is 2. The second kappa shape index (κ2) is 12.2. The van der Waals surface area contributed by atoms with Crippen LogP contribution < -0.4 is 10.6 Å². The van der Waals surface area contributed by atoms with Gasteiger partial charge in [0.05, 0.1) is 0 Å². The molecule has 0 aliphatic heterocycles. The average molecular weight is 377 g/mol. The van der Waals surface area contributed by atoms with Crippen LogP contribution >= 0.6 is 24.0 Å². The van der Waals surface area contributed by atoms with Gasteiger partial charge in [0.15, 0.2) is 5.96 Å². The average Bonchev–Trinajstić information content (AvgIpc) is 2.43. The van der Waals surface area contributed by atoms with Crippen LogP contribution in [0.15, 0.2) is 35.3 Å². The maximum absolute atomic E-state index is 5.28. The monoisotopic (exact) mass is 377 g/mol. The van der Waals surface area contributed by atoms with Gasteiger partial charge in [0.1, 0.15) is 0 Å². The summed E-state index contributed by atoms with van der Waals surface area (Å²) in [6.07, 6.45) is 0.986. The zero-order chi connectivity index (χ0) is 13.1. The molecule has 0 spiro atoms. The van der Waals surface area contributed by atoms with Gasteiger partial charge in [0.2, 0.25) is 0 Å². The van der Waals surface area contributed by atoms with E-state index in [4.69, 9.17) is 4.74 Å². The molecule has 2 N–H and O–H groups in total. The Morgan fingerprint density at radius 2 is 1.95 bits per heavy atom. The van der Waals surface area contributed by atoms with Crippen LogP contribution in [0.3, 0.4) is 0 Å². The fourth-order valence-corrected chi connectivity index (χ4v) is 1.53. The minimum atomic E-state index is 0. The molecule has 0 unspecified atom stereocenters. The van der Waals surface area contributed by atoms with E-state index in [-0.39, 0.29) is 24.0 Å². The van der Waals surface area contributed by atoms with Crippen molar-refractivity contribution in [3.8, 4) is 0 Å². The molecule has 0 saturated heterocycles. The van der Waals surface area contributed by atoms with Crippen molar-refractivity contribution in [2.24, 2.45) is 4.99 Å². The number of ether oxygens (including phenoxy) is 1. The SMILES string of the molecule is CCOCCCNC(=NC)NCc1ccccc1.I. The van der Waals surface area contributed by atoms with Gasteiger partial charge in [-0.25, -0.2) is 0 Å². The molecule has 1 aromatic carbocycles. The maximum atomic E-state index is 5.28. The number of rotatable bonds is 7. The summed E-state index contributed by atoms with van der Waals surface area (Å²) >= 11 is 0. The molecule has 1 rings (SSSR count). The van der Waals surface area contributed by atoms with Gasteiger partial charge in [-0.1, -0.05) is 30.3 Å². The molecule has 19 heavy (non-hydrogen) atoms. The zero-order valence-electron chi connectivity index (χ0n) is 11.7. The first-order valence-corrected chi connectivity index (χ1v) is 6.43. The molecule has 1 aromatic rings. The second-order valence-electron chi connectivity index (χ2n) is 3.89. The van der Waals surface area contributed by atoms with Gasteiger partial charge >= 0.3 is 0 Å². The molecular weight excluding hydrogens is 353 g/mol. The molecule has 0 fully saturated rings. The van der Waals surface area contributed by atoms with Gasteiger partial charge in [0, 0.05) is 33.4 Å². The molecule has 0 radical (unpaired) electrons. The van der Waals surface area contributed by atoms with Crippen LogP contribution in [-0.2, 0) is 11.3 Å². The summed E-state index contributed by atoms with van der Waals surface area (Å²) in [4.78, 5) is 4.17. The minimum absolute atomic E-state index is 0. The molecule has 0 saturated carbocycles. The Bertz CT molecular complexity index is 344. The first kappa shape index (κ1) is 18.2. The second-order valence-corrected chi connectivity index (χ2v) is 3.89. The van der Waals surface area contributed by atoms with E-state index in [1.54, 1.807) is 7.05 Å². The standard InChI is InChI=1S/C14H23N3O.HI/c1-3-18-11-7-10-16-14(15-2)17-12-13-8-5-4-6-9-13;/h4-6,8-9H,3,7,10-12H2,1-2H3,(H2,15,16,17);1H. The third-order valence-electron chi connectivity index (χ3n) is 2.49. The fraction of sp³-hybridized carbons (Fsp3) is 0.500. The topological polar surface area (TPSA) is 45.6 Å². The van der Waals surface area contributed by atoms with Crippen molar-refractivity contribution < 1.29 is 4.74 Å². The van der Waals surface area contributed by atoms with Crippen LogP contribution in [0.1, 0.15) is 18.9 Å². The Balaban J connectivity index is 0.00000324. The lowest BCUT2D eigenvalue weighted by Gasteiger charge is -2.11. The Kier molecular flexibility index (Phi) is 11.7. The third kappa shape index (κ3) is 8.83. The third-order valence-corrected chi connectivity index (χ3v) is 2.49. The summed E-state index contributed by atoms with van der Waals surface area (Å²) in [6.45, 7) is 5.23. The van der Waals surface area contributed by atoms with Crippen molar-refractivity contribution in [3.63, 3.8) is 0 Å².